The second kappa shape index (κ2) is 7.53. The first kappa shape index (κ1) is 17.1. The van der Waals surface area contributed by atoms with Crippen LogP contribution in [0.2, 0.25) is 0 Å². The maximum atomic E-state index is 12.3. The molecule has 26 heavy (non-hydrogen) atoms. The Morgan fingerprint density at radius 1 is 1.23 bits per heavy atom. The second-order valence-electron chi connectivity index (χ2n) is 5.46. The molecule has 0 saturated heterocycles. The van der Waals surface area contributed by atoms with Gasteiger partial charge in [0.1, 0.15) is 10.8 Å². The summed E-state index contributed by atoms with van der Waals surface area (Å²) < 4.78 is 6.49. The third-order valence-electron chi connectivity index (χ3n) is 3.58. The Labute approximate surface area is 162 Å². The van der Waals surface area contributed by atoms with E-state index in [0.29, 0.717) is 11.7 Å². The van der Waals surface area contributed by atoms with Gasteiger partial charge >= 0.3 is 0 Å². The third-order valence-corrected chi connectivity index (χ3v) is 6.14. The topological polar surface area (TPSA) is 64.1 Å². The van der Waals surface area contributed by atoms with E-state index in [2.05, 4.69) is 20.7 Å². The molecule has 0 bridgehead atoms. The molecule has 0 aliphatic carbocycles. The lowest BCUT2D eigenvalue weighted by Crippen LogP contribution is -2.14. The van der Waals surface area contributed by atoms with E-state index in [-0.39, 0.29) is 12.3 Å². The van der Waals surface area contributed by atoms with Crippen molar-refractivity contribution in [2.75, 3.05) is 11.9 Å². The molecule has 0 aliphatic rings. The lowest BCUT2D eigenvalue weighted by Gasteiger charge is -2.00. The number of anilines is 1. The van der Waals surface area contributed by atoms with Gasteiger partial charge in [-0.3, -0.25) is 4.79 Å². The number of aromatic nitrogens is 2. The third kappa shape index (κ3) is 3.77. The molecule has 3 heterocycles. The van der Waals surface area contributed by atoms with E-state index in [0.717, 1.165) is 32.2 Å². The first-order valence-electron chi connectivity index (χ1n) is 8.01. The van der Waals surface area contributed by atoms with Crippen LogP contribution in [0.4, 0.5) is 5.13 Å². The van der Waals surface area contributed by atoms with Gasteiger partial charge in [-0.25, -0.2) is 9.97 Å². The summed E-state index contributed by atoms with van der Waals surface area (Å²) in [5, 5.41) is 10.4. The maximum Gasteiger partial charge on any atom is 0.232 e. The summed E-state index contributed by atoms with van der Waals surface area (Å²) >= 11 is 4.63. The van der Waals surface area contributed by atoms with E-state index in [1.807, 2.05) is 41.9 Å². The Morgan fingerprint density at radius 2 is 2.15 bits per heavy atom. The number of thiazole rings is 2. The smallest absolute Gasteiger partial charge is 0.232 e. The minimum atomic E-state index is -0.115. The van der Waals surface area contributed by atoms with Crippen molar-refractivity contribution in [3.63, 3.8) is 0 Å². The Bertz CT molecular complexity index is 1040. The molecule has 0 saturated carbocycles. The number of carbonyl (C=O) groups is 1. The zero-order valence-corrected chi connectivity index (χ0v) is 16.3. The van der Waals surface area contributed by atoms with E-state index in [1.165, 1.54) is 11.3 Å². The van der Waals surface area contributed by atoms with E-state index in [9.17, 15) is 4.79 Å². The Kier molecular flexibility index (Phi) is 4.96. The number of nitrogens with one attached hydrogen (secondary N) is 1. The van der Waals surface area contributed by atoms with Gasteiger partial charge in [-0.1, -0.05) is 11.3 Å². The van der Waals surface area contributed by atoms with E-state index in [1.54, 1.807) is 22.7 Å². The van der Waals surface area contributed by atoms with Crippen molar-refractivity contribution >= 4 is 55.3 Å². The molecule has 4 rings (SSSR count). The van der Waals surface area contributed by atoms with Crippen LogP contribution >= 0.6 is 34.0 Å². The van der Waals surface area contributed by atoms with E-state index in [4.69, 9.17) is 4.74 Å². The molecule has 0 radical (unpaired) electrons. The number of benzene rings is 1. The first-order valence-corrected chi connectivity index (χ1v) is 10.7. The fraction of sp³-hybridized carbons (Fsp3) is 0.167. The molecule has 0 spiro atoms. The molecule has 3 aromatic heterocycles. The molecule has 132 valence electrons. The molecule has 1 amide bonds. The van der Waals surface area contributed by atoms with Crippen LogP contribution in [-0.2, 0) is 11.2 Å². The van der Waals surface area contributed by atoms with Crippen molar-refractivity contribution < 1.29 is 9.53 Å². The van der Waals surface area contributed by atoms with Gasteiger partial charge in [0.25, 0.3) is 0 Å². The summed E-state index contributed by atoms with van der Waals surface area (Å²) in [5.74, 6) is 0.696. The van der Waals surface area contributed by atoms with Crippen molar-refractivity contribution in [2.24, 2.45) is 0 Å². The van der Waals surface area contributed by atoms with Gasteiger partial charge in [0, 0.05) is 16.3 Å². The van der Waals surface area contributed by atoms with Crippen molar-refractivity contribution in [2.45, 2.75) is 13.3 Å². The van der Waals surface area contributed by atoms with Crippen molar-refractivity contribution in [1.29, 1.82) is 0 Å². The van der Waals surface area contributed by atoms with Gasteiger partial charge in [-0.15, -0.1) is 11.3 Å². The summed E-state index contributed by atoms with van der Waals surface area (Å²) in [5.41, 5.74) is 2.72. The van der Waals surface area contributed by atoms with Gasteiger partial charge in [-0.2, -0.15) is 11.3 Å². The van der Waals surface area contributed by atoms with Crippen LogP contribution in [-0.4, -0.2) is 22.5 Å². The molecule has 0 aliphatic heterocycles. The highest BCUT2D eigenvalue weighted by Crippen LogP contribution is 2.30. The second-order valence-corrected chi connectivity index (χ2v) is 8.13. The zero-order chi connectivity index (χ0) is 17.9. The highest BCUT2D eigenvalue weighted by Gasteiger charge is 2.12. The lowest BCUT2D eigenvalue weighted by atomic mass is 10.3. The molecule has 0 atom stereocenters. The summed E-state index contributed by atoms with van der Waals surface area (Å²) in [6.45, 7) is 2.57. The van der Waals surface area contributed by atoms with Crippen molar-refractivity contribution in [3.05, 3.63) is 46.1 Å². The van der Waals surface area contributed by atoms with Crippen LogP contribution in [0.25, 0.3) is 20.8 Å². The van der Waals surface area contributed by atoms with Crippen LogP contribution in [0.5, 0.6) is 5.75 Å². The van der Waals surface area contributed by atoms with Gasteiger partial charge in [0.05, 0.1) is 28.9 Å². The van der Waals surface area contributed by atoms with Gasteiger partial charge in [0.2, 0.25) is 5.91 Å². The molecule has 4 aromatic rings. The minimum absolute atomic E-state index is 0.115. The molecule has 5 nitrogen and oxygen atoms in total. The van der Waals surface area contributed by atoms with Crippen LogP contribution in [0.3, 0.4) is 0 Å². The Balaban J connectivity index is 1.44. The standard InChI is InChI=1S/C18H15N3O2S3/c1-2-23-13-3-4-14-15(8-13)26-18(20-14)21-16(22)7-12-10-25-17(19-12)11-5-6-24-9-11/h3-6,8-10H,2,7H2,1H3,(H,20,21,22). The summed E-state index contributed by atoms with van der Waals surface area (Å²) in [4.78, 5) is 21.3. The van der Waals surface area contributed by atoms with Crippen LogP contribution in [0.15, 0.2) is 40.4 Å². The summed E-state index contributed by atoms with van der Waals surface area (Å²) in [6.07, 6.45) is 0.237. The predicted octanol–water partition coefficient (Wildman–Crippen LogP) is 5.06. The zero-order valence-electron chi connectivity index (χ0n) is 13.9. The monoisotopic (exact) mass is 401 g/mol. The fourth-order valence-electron chi connectivity index (χ4n) is 2.45. The van der Waals surface area contributed by atoms with Gasteiger partial charge < -0.3 is 10.1 Å². The molecule has 0 fully saturated rings. The number of ether oxygens (including phenoxy) is 1. The average Bonchev–Trinajstić information content (AvgIpc) is 3.34. The molecular formula is C18H15N3O2S3. The number of fused-ring (bicyclic) bond motifs is 1. The van der Waals surface area contributed by atoms with Gasteiger partial charge in [-0.05, 0) is 36.6 Å². The maximum absolute atomic E-state index is 12.3. The SMILES string of the molecule is CCOc1ccc2nc(NC(=O)Cc3csc(-c4ccsc4)n3)sc2c1. The number of carbonyl (C=O) groups excluding carboxylic acids is 1. The quantitative estimate of drug-likeness (QED) is 0.490. The highest BCUT2D eigenvalue weighted by atomic mass is 32.1. The number of hydrogen-bond acceptors (Lipinski definition) is 7. The fourth-order valence-corrected chi connectivity index (χ4v) is 4.89. The number of nitrogens with zero attached hydrogens (tertiary/aromatic N) is 2. The number of rotatable bonds is 6. The first-order chi connectivity index (χ1) is 12.7. The lowest BCUT2D eigenvalue weighted by molar-refractivity contribution is -0.115. The average molecular weight is 402 g/mol. The van der Waals surface area contributed by atoms with Crippen LogP contribution < -0.4 is 10.1 Å². The Morgan fingerprint density at radius 3 is 2.96 bits per heavy atom. The van der Waals surface area contributed by atoms with Crippen LogP contribution in [0, 0.1) is 0 Å². The largest absolute Gasteiger partial charge is 0.494 e. The predicted molar refractivity (Wildman–Crippen MR) is 109 cm³/mol. The van der Waals surface area contributed by atoms with E-state index >= 15 is 0 Å². The normalized spacial score (nSPS) is 11.0. The molecular weight excluding hydrogens is 386 g/mol. The highest BCUT2D eigenvalue weighted by molar-refractivity contribution is 7.22. The summed E-state index contributed by atoms with van der Waals surface area (Å²) in [7, 11) is 0. The van der Waals surface area contributed by atoms with Gasteiger partial charge in [0.15, 0.2) is 5.13 Å². The molecule has 0 unspecified atom stereocenters. The number of amides is 1. The van der Waals surface area contributed by atoms with Crippen molar-refractivity contribution in [1.82, 2.24) is 9.97 Å². The van der Waals surface area contributed by atoms with E-state index < -0.39 is 0 Å². The number of thiophene rings is 1. The summed E-state index contributed by atoms with van der Waals surface area (Å²) in [6, 6.07) is 7.77. The Hall–Kier alpha value is -2.29. The molecule has 1 N–H and O–H groups in total. The number of hydrogen-bond donors (Lipinski definition) is 1. The minimum Gasteiger partial charge on any atom is -0.494 e. The van der Waals surface area contributed by atoms with Crippen molar-refractivity contribution in [3.8, 4) is 16.3 Å². The van der Waals surface area contributed by atoms with Crippen LogP contribution in [0.1, 0.15) is 12.6 Å². The molecule has 8 heteroatoms. The molecule has 1 aromatic carbocycles.